The second-order valence-electron chi connectivity index (χ2n) is 7.98. The average Bonchev–Trinajstić information content (AvgIpc) is 3.44. The molecule has 4 aromatic rings. The van der Waals surface area contributed by atoms with Crippen molar-refractivity contribution in [3.8, 4) is 28.5 Å². The van der Waals surface area contributed by atoms with Crippen LogP contribution in [0.1, 0.15) is 12.2 Å². The zero-order valence-corrected chi connectivity index (χ0v) is 20.1. The summed E-state index contributed by atoms with van der Waals surface area (Å²) in [5, 5.41) is 22.4. The first-order valence-corrected chi connectivity index (χ1v) is 11.6. The molecule has 0 spiro atoms. The molecule has 0 fully saturated rings. The van der Waals surface area contributed by atoms with Gasteiger partial charge in [-0.1, -0.05) is 23.7 Å². The fourth-order valence-electron chi connectivity index (χ4n) is 4.00. The van der Waals surface area contributed by atoms with Crippen LogP contribution in [0.5, 0.6) is 5.75 Å². The first-order chi connectivity index (χ1) is 17.6. The molecule has 1 aliphatic heterocycles. The van der Waals surface area contributed by atoms with Gasteiger partial charge in [0.05, 0.1) is 22.6 Å². The van der Waals surface area contributed by atoms with Crippen molar-refractivity contribution in [3.05, 3.63) is 71.3 Å². The molecule has 36 heavy (non-hydrogen) atoms. The zero-order chi connectivity index (χ0) is 25.1. The molecule has 3 aromatic heterocycles. The molecule has 184 valence electrons. The summed E-state index contributed by atoms with van der Waals surface area (Å²) in [5.41, 5.74) is 2.24. The average molecular weight is 508 g/mol. The van der Waals surface area contributed by atoms with Gasteiger partial charge in [0.25, 0.3) is 0 Å². The molecule has 1 aromatic carbocycles. The molecule has 0 amide bonds. The lowest BCUT2D eigenvalue weighted by atomic mass is 10.2. The van der Waals surface area contributed by atoms with Crippen molar-refractivity contribution < 1.29 is 9.13 Å². The van der Waals surface area contributed by atoms with Crippen LogP contribution >= 0.6 is 11.6 Å². The Hall–Kier alpha value is -4.25. The van der Waals surface area contributed by atoms with E-state index in [0.717, 1.165) is 30.4 Å². The van der Waals surface area contributed by atoms with Crippen LogP contribution in [0.15, 0.2) is 54.6 Å². The van der Waals surface area contributed by atoms with Gasteiger partial charge in [0.15, 0.2) is 23.2 Å². The molecular formula is C24H23ClFN9O. The van der Waals surface area contributed by atoms with E-state index in [1.165, 1.54) is 12.3 Å². The Morgan fingerprint density at radius 1 is 1.28 bits per heavy atom. The van der Waals surface area contributed by atoms with E-state index < -0.39 is 5.82 Å². The van der Waals surface area contributed by atoms with Gasteiger partial charge in [-0.15, -0.1) is 10.2 Å². The lowest BCUT2D eigenvalue weighted by Gasteiger charge is -2.10. The summed E-state index contributed by atoms with van der Waals surface area (Å²) in [6.07, 6.45) is 7.08. The van der Waals surface area contributed by atoms with Crippen LogP contribution in [-0.4, -0.2) is 42.6 Å². The van der Waals surface area contributed by atoms with Crippen LogP contribution in [0.3, 0.4) is 0 Å². The van der Waals surface area contributed by atoms with Crippen molar-refractivity contribution in [2.75, 3.05) is 12.4 Å². The summed E-state index contributed by atoms with van der Waals surface area (Å²) in [7, 11) is 1.73. The highest BCUT2D eigenvalue weighted by Crippen LogP contribution is 2.33. The summed E-state index contributed by atoms with van der Waals surface area (Å²) in [6, 6.07) is 8.25. The quantitative estimate of drug-likeness (QED) is 0.307. The maximum absolute atomic E-state index is 14.0. The maximum atomic E-state index is 14.0. The van der Waals surface area contributed by atoms with Gasteiger partial charge in [-0.3, -0.25) is 0 Å². The fourth-order valence-corrected chi connectivity index (χ4v) is 4.20. The molecule has 1 aliphatic rings. The normalized spacial score (nSPS) is 12.9. The highest BCUT2D eigenvalue weighted by atomic mass is 35.5. The Bertz CT molecular complexity index is 1450. The number of fused-ring (bicyclic) bond motifs is 3. The zero-order valence-electron chi connectivity index (χ0n) is 19.4. The minimum Gasteiger partial charge on any atom is -0.483 e. The number of halogens is 2. The van der Waals surface area contributed by atoms with E-state index in [2.05, 4.69) is 35.4 Å². The van der Waals surface area contributed by atoms with Gasteiger partial charge in [-0.25, -0.2) is 14.4 Å². The Morgan fingerprint density at radius 2 is 2.14 bits per heavy atom. The Kier molecular flexibility index (Phi) is 6.63. The minimum atomic E-state index is -0.419. The van der Waals surface area contributed by atoms with Crippen LogP contribution in [0.2, 0.25) is 5.02 Å². The van der Waals surface area contributed by atoms with Gasteiger partial charge in [-0.2, -0.15) is 0 Å². The van der Waals surface area contributed by atoms with Crippen molar-refractivity contribution in [2.24, 2.45) is 0 Å². The molecular weight excluding hydrogens is 485 g/mol. The summed E-state index contributed by atoms with van der Waals surface area (Å²) >= 11 is 6.47. The van der Waals surface area contributed by atoms with Gasteiger partial charge in [0, 0.05) is 38.1 Å². The van der Waals surface area contributed by atoms with Crippen molar-refractivity contribution in [2.45, 2.75) is 26.1 Å². The Morgan fingerprint density at radius 3 is 2.94 bits per heavy atom. The minimum absolute atomic E-state index is 0.103. The van der Waals surface area contributed by atoms with Crippen molar-refractivity contribution in [1.29, 1.82) is 5.41 Å². The number of ether oxygens (including phenoxy) is 1. The lowest BCUT2D eigenvalue weighted by molar-refractivity contribution is 0.274. The second kappa shape index (κ2) is 10.2. The van der Waals surface area contributed by atoms with Gasteiger partial charge in [-0.05, 0) is 30.7 Å². The number of benzene rings is 1. The third-order valence-corrected chi connectivity index (χ3v) is 5.99. The predicted octanol–water partition coefficient (Wildman–Crippen LogP) is 4.10. The molecule has 12 heteroatoms. The number of anilines is 1. The number of hydrogen-bond donors (Lipinski definition) is 3. The van der Waals surface area contributed by atoms with Gasteiger partial charge in [0.1, 0.15) is 12.4 Å². The molecule has 3 N–H and O–H groups in total. The first kappa shape index (κ1) is 23.5. The molecule has 0 aliphatic carbocycles. The highest BCUT2D eigenvalue weighted by Gasteiger charge is 2.23. The van der Waals surface area contributed by atoms with Crippen LogP contribution in [0, 0.1) is 11.2 Å². The van der Waals surface area contributed by atoms with Crippen molar-refractivity contribution in [1.82, 2.24) is 34.6 Å². The number of aromatic nitrogens is 6. The van der Waals surface area contributed by atoms with E-state index in [9.17, 15) is 4.39 Å². The molecule has 5 rings (SSSR count). The monoisotopic (exact) mass is 507 g/mol. The number of aryl methyl sites for hydroxylation is 1. The van der Waals surface area contributed by atoms with Crippen LogP contribution in [0.25, 0.3) is 22.8 Å². The largest absolute Gasteiger partial charge is 0.483 e. The van der Waals surface area contributed by atoms with E-state index in [1.807, 2.05) is 16.8 Å². The summed E-state index contributed by atoms with van der Waals surface area (Å²) in [6.45, 7) is 1.58. The van der Waals surface area contributed by atoms with Crippen molar-refractivity contribution >= 4 is 23.8 Å². The molecule has 0 radical (unpaired) electrons. The fraction of sp³-hybridized carbons (Fsp3) is 0.208. The van der Waals surface area contributed by atoms with E-state index >= 15 is 0 Å². The third kappa shape index (κ3) is 4.65. The molecule has 0 unspecified atom stereocenters. The van der Waals surface area contributed by atoms with E-state index in [0.29, 0.717) is 40.7 Å². The smallest absolute Gasteiger partial charge is 0.228 e. The van der Waals surface area contributed by atoms with Gasteiger partial charge in [0.2, 0.25) is 5.95 Å². The van der Waals surface area contributed by atoms with E-state index in [1.54, 1.807) is 31.3 Å². The first-order valence-electron chi connectivity index (χ1n) is 11.3. The summed E-state index contributed by atoms with van der Waals surface area (Å²) < 4.78 is 23.7. The van der Waals surface area contributed by atoms with Crippen LogP contribution < -0.4 is 15.4 Å². The molecule has 0 saturated heterocycles. The van der Waals surface area contributed by atoms with Crippen molar-refractivity contribution in [3.63, 3.8) is 0 Å². The predicted molar refractivity (Wildman–Crippen MR) is 134 cm³/mol. The molecule has 0 atom stereocenters. The number of hydrogen-bond acceptors (Lipinski definition) is 8. The number of para-hydroxylation sites is 1. The second-order valence-corrected chi connectivity index (χ2v) is 8.39. The topological polar surface area (TPSA) is 119 Å². The Labute approximate surface area is 211 Å². The number of rotatable bonds is 8. The Balaban J connectivity index is 1.44. The van der Waals surface area contributed by atoms with Gasteiger partial charge >= 0.3 is 0 Å². The van der Waals surface area contributed by atoms with Crippen LogP contribution in [0.4, 0.5) is 10.3 Å². The molecule has 0 saturated carbocycles. The maximum Gasteiger partial charge on any atom is 0.228 e. The van der Waals surface area contributed by atoms with Gasteiger partial charge < -0.3 is 29.9 Å². The van der Waals surface area contributed by atoms with Crippen LogP contribution in [-0.2, 0) is 19.7 Å². The SMILES string of the molecule is CN/C(=C\C=N)Nc1ncc(Cl)c(-c2cc3n(c2)CCCn2c(COc4ccccc4F)nnc2-3)n1. The highest BCUT2D eigenvalue weighted by molar-refractivity contribution is 6.32. The molecule has 10 nitrogen and oxygen atoms in total. The lowest BCUT2D eigenvalue weighted by Crippen LogP contribution is -2.16. The van der Waals surface area contributed by atoms with E-state index in [-0.39, 0.29) is 12.4 Å². The third-order valence-electron chi connectivity index (χ3n) is 5.71. The number of nitrogens with one attached hydrogen (secondary N) is 3. The van der Waals surface area contributed by atoms with E-state index in [4.69, 9.17) is 21.7 Å². The summed E-state index contributed by atoms with van der Waals surface area (Å²) in [4.78, 5) is 8.83. The molecule has 4 heterocycles. The number of nitrogens with zero attached hydrogens (tertiary/aromatic N) is 6. The standard InChI is InChI=1S/C24H23ClFN9O/c1-28-20(7-8-27)30-24-29-12-16(25)22(31-24)15-11-18-23-33-32-21(35(23)10-4-9-34(18)13-15)14-36-19-6-3-2-5-17(19)26/h2-3,5-8,11-13,27-28H,4,9-10,14H2,1H3,(H,29,30,31)/b20-7+,27-8?. The summed E-state index contributed by atoms with van der Waals surface area (Å²) in [5.74, 6) is 1.98. The number of allylic oxidation sites excluding steroid dienone is 1. The molecule has 0 bridgehead atoms.